The number of carbonyl (C=O) groups is 2. The highest BCUT2D eigenvalue weighted by molar-refractivity contribution is 9.10. The van der Waals surface area contributed by atoms with Gasteiger partial charge in [-0.2, -0.15) is 0 Å². The molecule has 158 valence electrons. The topological polar surface area (TPSA) is 55.8 Å². The van der Waals surface area contributed by atoms with Crippen molar-refractivity contribution in [3.8, 4) is 11.5 Å². The lowest BCUT2D eigenvalue weighted by Crippen LogP contribution is -2.27. The molecule has 5 nitrogen and oxygen atoms in total. The lowest BCUT2D eigenvalue weighted by molar-refractivity contribution is -0.123. The van der Waals surface area contributed by atoms with Crippen molar-refractivity contribution in [2.45, 2.75) is 13.5 Å². The van der Waals surface area contributed by atoms with Crippen LogP contribution in [0.1, 0.15) is 18.1 Å². The fourth-order valence-electron chi connectivity index (χ4n) is 3.47. The summed E-state index contributed by atoms with van der Waals surface area (Å²) in [7, 11) is 1.57. The maximum Gasteiger partial charge on any atom is 0.293 e. The van der Waals surface area contributed by atoms with Gasteiger partial charge in [0, 0.05) is 4.47 Å². The minimum Gasteiger partial charge on any atom is -0.493 e. The molecule has 0 radical (unpaired) electrons. The minimum absolute atomic E-state index is 0.233. The van der Waals surface area contributed by atoms with E-state index in [0.29, 0.717) is 23.0 Å². The van der Waals surface area contributed by atoms with Gasteiger partial charge in [-0.3, -0.25) is 14.5 Å². The van der Waals surface area contributed by atoms with Crippen molar-refractivity contribution in [1.29, 1.82) is 0 Å². The molecule has 7 heteroatoms. The van der Waals surface area contributed by atoms with Gasteiger partial charge in [0.2, 0.25) is 0 Å². The monoisotopic (exact) mass is 497 g/mol. The number of benzene rings is 3. The summed E-state index contributed by atoms with van der Waals surface area (Å²) in [5, 5.41) is 1.83. The molecule has 0 aromatic heterocycles. The average Bonchev–Trinajstić information content (AvgIpc) is 3.03. The van der Waals surface area contributed by atoms with Crippen LogP contribution in [0.25, 0.3) is 16.8 Å². The molecule has 1 fully saturated rings. The van der Waals surface area contributed by atoms with E-state index in [-0.39, 0.29) is 17.7 Å². The second-order valence-electron chi connectivity index (χ2n) is 6.86. The van der Waals surface area contributed by atoms with E-state index >= 15 is 0 Å². The standard InChI is InChI=1S/C24H20BrNO4S/c1-3-30-21-11-17(19(25)13-20(21)29-2)12-22-23(27)26(24(28)31-22)14-16-9-6-8-15-7-4-5-10-18(15)16/h4-13H,3,14H2,1-2H3/b22-12+. The summed E-state index contributed by atoms with van der Waals surface area (Å²) in [6, 6.07) is 17.4. The predicted octanol–water partition coefficient (Wildman–Crippen LogP) is 6.25. The van der Waals surface area contributed by atoms with E-state index in [4.69, 9.17) is 9.47 Å². The van der Waals surface area contributed by atoms with Crippen LogP contribution in [0.5, 0.6) is 11.5 Å². The second kappa shape index (κ2) is 9.16. The van der Waals surface area contributed by atoms with E-state index in [1.807, 2.05) is 49.4 Å². The van der Waals surface area contributed by atoms with Crippen LogP contribution in [0.2, 0.25) is 0 Å². The lowest BCUT2D eigenvalue weighted by Gasteiger charge is -2.14. The van der Waals surface area contributed by atoms with Crippen LogP contribution < -0.4 is 9.47 Å². The Morgan fingerprint density at radius 1 is 1.06 bits per heavy atom. The lowest BCUT2D eigenvalue weighted by atomic mass is 10.0. The average molecular weight is 498 g/mol. The maximum atomic E-state index is 13.1. The van der Waals surface area contributed by atoms with Gasteiger partial charge in [0.05, 0.1) is 25.2 Å². The molecule has 0 aliphatic carbocycles. The van der Waals surface area contributed by atoms with Gasteiger partial charge in [-0.25, -0.2) is 0 Å². The van der Waals surface area contributed by atoms with E-state index < -0.39 is 0 Å². The van der Waals surface area contributed by atoms with E-state index in [1.54, 1.807) is 25.3 Å². The Hall–Kier alpha value is -2.77. The third-order valence-electron chi connectivity index (χ3n) is 4.95. The first kappa shape index (κ1) is 21.5. The number of halogens is 1. The SMILES string of the molecule is CCOc1cc(/C=C2/SC(=O)N(Cc3cccc4ccccc34)C2=O)c(Br)cc1OC. The van der Waals surface area contributed by atoms with Gasteiger partial charge < -0.3 is 9.47 Å². The van der Waals surface area contributed by atoms with Crippen LogP contribution in [-0.4, -0.2) is 29.8 Å². The third-order valence-corrected chi connectivity index (χ3v) is 6.55. The van der Waals surface area contributed by atoms with Gasteiger partial charge in [0.25, 0.3) is 11.1 Å². The molecule has 1 aliphatic rings. The summed E-state index contributed by atoms with van der Waals surface area (Å²) < 4.78 is 11.7. The number of nitrogens with zero attached hydrogens (tertiary/aromatic N) is 1. The van der Waals surface area contributed by atoms with Crippen LogP contribution in [0.15, 0.2) is 64.0 Å². The molecule has 1 saturated heterocycles. The second-order valence-corrected chi connectivity index (χ2v) is 8.71. The highest BCUT2D eigenvalue weighted by Gasteiger charge is 2.35. The fraction of sp³-hybridized carbons (Fsp3) is 0.167. The van der Waals surface area contributed by atoms with Crippen LogP contribution in [-0.2, 0) is 11.3 Å². The zero-order chi connectivity index (χ0) is 22.0. The predicted molar refractivity (Wildman–Crippen MR) is 127 cm³/mol. The number of thioether (sulfide) groups is 1. The van der Waals surface area contributed by atoms with Gasteiger partial charge in [0.1, 0.15) is 0 Å². The zero-order valence-corrected chi connectivity index (χ0v) is 19.5. The van der Waals surface area contributed by atoms with Gasteiger partial charge >= 0.3 is 0 Å². The van der Waals surface area contributed by atoms with Gasteiger partial charge in [-0.05, 0) is 58.8 Å². The van der Waals surface area contributed by atoms with Gasteiger partial charge in [-0.1, -0.05) is 58.4 Å². The van der Waals surface area contributed by atoms with Crippen LogP contribution in [0.3, 0.4) is 0 Å². The number of ether oxygens (including phenoxy) is 2. The molecule has 4 rings (SSSR count). The Bertz CT molecular complexity index is 1200. The Morgan fingerprint density at radius 2 is 1.84 bits per heavy atom. The van der Waals surface area contributed by atoms with Crippen molar-refractivity contribution in [1.82, 2.24) is 4.90 Å². The Kier molecular flexibility index (Phi) is 6.34. The van der Waals surface area contributed by atoms with E-state index in [1.165, 1.54) is 4.90 Å². The molecule has 0 spiro atoms. The molecule has 0 unspecified atom stereocenters. The van der Waals surface area contributed by atoms with Crippen LogP contribution in [0, 0.1) is 0 Å². The van der Waals surface area contributed by atoms with Crippen molar-refractivity contribution in [3.05, 3.63) is 75.1 Å². The summed E-state index contributed by atoms with van der Waals surface area (Å²) >= 11 is 4.46. The first-order valence-electron chi connectivity index (χ1n) is 9.74. The number of fused-ring (bicyclic) bond motifs is 1. The number of amides is 2. The minimum atomic E-state index is -0.302. The number of hydrogen-bond donors (Lipinski definition) is 0. The molecule has 2 amide bonds. The number of carbonyl (C=O) groups excluding carboxylic acids is 2. The van der Waals surface area contributed by atoms with E-state index in [9.17, 15) is 9.59 Å². The smallest absolute Gasteiger partial charge is 0.293 e. The van der Waals surface area contributed by atoms with Crippen LogP contribution >= 0.6 is 27.7 Å². The molecule has 31 heavy (non-hydrogen) atoms. The molecule has 0 atom stereocenters. The number of hydrogen-bond acceptors (Lipinski definition) is 5. The maximum absolute atomic E-state index is 13.1. The summed E-state index contributed by atoms with van der Waals surface area (Å²) in [5.74, 6) is 0.869. The Balaban J connectivity index is 1.64. The quantitative estimate of drug-likeness (QED) is 0.377. The largest absolute Gasteiger partial charge is 0.493 e. The molecule has 1 heterocycles. The fourth-order valence-corrected chi connectivity index (χ4v) is 4.73. The molecule has 3 aromatic rings. The molecule has 3 aromatic carbocycles. The van der Waals surface area contributed by atoms with Gasteiger partial charge in [0.15, 0.2) is 11.5 Å². The van der Waals surface area contributed by atoms with Crippen molar-refractivity contribution in [2.24, 2.45) is 0 Å². The molecule has 1 aliphatic heterocycles. The molecule has 0 bridgehead atoms. The Labute approximate surface area is 193 Å². The number of imide groups is 1. The first-order chi connectivity index (χ1) is 15.0. The highest BCUT2D eigenvalue weighted by Crippen LogP contribution is 2.38. The molecule has 0 saturated carbocycles. The molecule has 0 N–H and O–H groups in total. The normalized spacial score (nSPS) is 15.2. The summed E-state index contributed by atoms with van der Waals surface area (Å²) in [5.41, 5.74) is 1.67. The van der Waals surface area contributed by atoms with Gasteiger partial charge in [-0.15, -0.1) is 0 Å². The Morgan fingerprint density at radius 3 is 2.61 bits per heavy atom. The highest BCUT2D eigenvalue weighted by atomic mass is 79.9. The zero-order valence-electron chi connectivity index (χ0n) is 17.1. The van der Waals surface area contributed by atoms with Crippen molar-refractivity contribution in [3.63, 3.8) is 0 Å². The van der Waals surface area contributed by atoms with Crippen molar-refractivity contribution < 1.29 is 19.1 Å². The van der Waals surface area contributed by atoms with Crippen molar-refractivity contribution in [2.75, 3.05) is 13.7 Å². The summed E-state index contributed by atoms with van der Waals surface area (Å²) in [6.45, 7) is 2.61. The molecular formula is C24H20BrNO4S. The summed E-state index contributed by atoms with van der Waals surface area (Å²) in [4.78, 5) is 27.4. The third kappa shape index (κ3) is 4.34. The molecular weight excluding hydrogens is 478 g/mol. The number of rotatable bonds is 6. The van der Waals surface area contributed by atoms with Crippen LogP contribution in [0.4, 0.5) is 4.79 Å². The van der Waals surface area contributed by atoms with Crippen molar-refractivity contribution >= 4 is 55.7 Å². The van der Waals surface area contributed by atoms with E-state index in [2.05, 4.69) is 15.9 Å². The number of methoxy groups -OCH3 is 1. The summed E-state index contributed by atoms with van der Waals surface area (Å²) in [6.07, 6.45) is 1.71. The first-order valence-corrected chi connectivity index (χ1v) is 11.3. The van der Waals surface area contributed by atoms with E-state index in [0.717, 1.165) is 38.1 Å².